The summed E-state index contributed by atoms with van der Waals surface area (Å²) < 4.78 is 24.0. The van der Waals surface area contributed by atoms with Gasteiger partial charge in [-0.2, -0.15) is 0 Å². The molecule has 140 valence electrons. The highest BCUT2D eigenvalue weighted by Gasteiger charge is 2.33. The summed E-state index contributed by atoms with van der Waals surface area (Å²) in [7, 11) is 1.54. The minimum Gasteiger partial charge on any atom is -0.481 e. The Hall–Kier alpha value is -1.99. The third kappa shape index (κ3) is 6.43. The summed E-state index contributed by atoms with van der Waals surface area (Å²) in [5, 5.41) is 11.8. The number of hydrogen-bond donors (Lipinski definition) is 2. The van der Waals surface area contributed by atoms with E-state index < -0.39 is 23.2 Å². The van der Waals surface area contributed by atoms with E-state index in [1.54, 1.807) is 6.92 Å². The molecule has 0 spiro atoms. The summed E-state index contributed by atoms with van der Waals surface area (Å²) in [6.45, 7) is 6.08. The van der Waals surface area contributed by atoms with Crippen molar-refractivity contribution >= 4 is 11.9 Å². The average Bonchev–Trinajstić information content (AvgIpc) is 2.52. The minimum absolute atomic E-state index is 0.0207. The van der Waals surface area contributed by atoms with Crippen molar-refractivity contribution in [2.75, 3.05) is 20.3 Å². The first-order valence-corrected chi connectivity index (χ1v) is 8.09. The van der Waals surface area contributed by atoms with Gasteiger partial charge in [0.2, 0.25) is 0 Å². The number of aliphatic carboxylic acids is 1. The number of nitrogens with one attached hydrogen (secondary N) is 1. The first-order valence-electron chi connectivity index (χ1n) is 8.09. The van der Waals surface area contributed by atoms with Gasteiger partial charge in [-0.15, -0.1) is 0 Å². The molecule has 0 saturated carbocycles. The molecule has 0 aliphatic rings. The smallest absolute Gasteiger partial charge is 0.305 e. The highest BCUT2D eigenvalue weighted by Crippen LogP contribution is 2.22. The van der Waals surface area contributed by atoms with Gasteiger partial charge < -0.3 is 19.9 Å². The van der Waals surface area contributed by atoms with Crippen LogP contribution in [0, 0.1) is 11.7 Å². The molecule has 0 aliphatic heterocycles. The maximum Gasteiger partial charge on any atom is 0.305 e. The van der Waals surface area contributed by atoms with Crippen molar-refractivity contribution in [1.82, 2.24) is 5.32 Å². The monoisotopic (exact) mass is 355 g/mol. The molecule has 2 N–H and O–H groups in total. The summed E-state index contributed by atoms with van der Waals surface area (Å²) in [5.74, 6) is -2.01. The van der Waals surface area contributed by atoms with E-state index in [1.165, 1.54) is 25.3 Å². The van der Waals surface area contributed by atoms with Crippen molar-refractivity contribution < 1.29 is 28.6 Å². The molecule has 0 aliphatic carbocycles. The van der Waals surface area contributed by atoms with E-state index in [9.17, 15) is 14.0 Å². The maximum absolute atomic E-state index is 13.9. The number of carboxylic acids is 1. The summed E-state index contributed by atoms with van der Waals surface area (Å²) in [6, 6.07) is 3.98. The Balaban J connectivity index is 2.88. The van der Waals surface area contributed by atoms with Crippen LogP contribution in [0.1, 0.15) is 43.1 Å². The topological polar surface area (TPSA) is 84.9 Å². The Morgan fingerprint density at radius 3 is 2.56 bits per heavy atom. The molecule has 1 aromatic rings. The van der Waals surface area contributed by atoms with Crippen LogP contribution in [0.3, 0.4) is 0 Å². The SMILES string of the molecule is COCCOCc1cc(C(=O)NC(C)(CC(=O)O)C(C)C)ccc1F. The predicted octanol–water partition coefficient (Wildman–Crippen LogP) is 2.61. The Bertz CT molecular complexity index is 605. The number of halogens is 1. The number of carbonyl (C=O) groups excluding carboxylic acids is 1. The van der Waals surface area contributed by atoms with Crippen molar-refractivity contribution in [1.29, 1.82) is 0 Å². The van der Waals surface area contributed by atoms with E-state index in [1.807, 2.05) is 13.8 Å². The lowest BCUT2D eigenvalue weighted by Gasteiger charge is -2.33. The second-order valence-electron chi connectivity index (χ2n) is 6.45. The van der Waals surface area contributed by atoms with Crippen LogP contribution >= 0.6 is 0 Å². The molecular weight excluding hydrogens is 329 g/mol. The van der Waals surface area contributed by atoms with E-state index in [-0.39, 0.29) is 30.1 Å². The van der Waals surface area contributed by atoms with Crippen LogP contribution in [0.25, 0.3) is 0 Å². The van der Waals surface area contributed by atoms with Crippen molar-refractivity contribution in [3.63, 3.8) is 0 Å². The molecule has 0 bridgehead atoms. The zero-order valence-corrected chi connectivity index (χ0v) is 15.1. The van der Waals surface area contributed by atoms with Crippen LogP contribution in [-0.2, 0) is 20.9 Å². The summed E-state index contributed by atoms with van der Waals surface area (Å²) in [6.07, 6.45) is -0.204. The maximum atomic E-state index is 13.9. The van der Waals surface area contributed by atoms with Gasteiger partial charge in [0.15, 0.2) is 0 Å². The molecule has 0 saturated heterocycles. The second kappa shape index (κ2) is 9.48. The van der Waals surface area contributed by atoms with E-state index in [0.29, 0.717) is 13.2 Å². The van der Waals surface area contributed by atoms with Gasteiger partial charge in [-0.1, -0.05) is 13.8 Å². The van der Waals surface area contributed by atoms with Gasteiger partial charge in [0.05, 0.1) is 31.8 Å². The molecule has 1 atom stereocenters. The van der Waals surface area contributed by atoms with Crippen LogP contribution in [0.5, 0.6) is 0 Å². The van der Waals surface area contributed by atoms with E-state index in [0.717, 1.165) is 0 Å². The van der Waals surface area contributed by atoms with Crippen molar-refractivity contribution in [2.45, 2.75) is 39.3 Å². The second-order valence-corrected chi connectivity index (χ2v) is 6.45. The van der Waals surface area contributed by atoms with E-state index >= 15 is 0 Å². The third-order valence-corrected chi connectivity index (χ3v) is 4.19. The lowest BCUT2D eigenvalue weighted by molar-refractivity contribution is -0.138. The summed E-state index contributed by atoms with van der Waals surface area (Å²) >= 11 is 0. The van der Waals surface area contributed by atoms with Crippen LogP contribution in [0.15, 0.2) is 18.2 Å². The van der Waals surface area contributed by atoms with Gasteiger partial charge in [-0.25, -0.2) is 4.39 Å². The highest BCUT2D eigenvalue weighted by atomic mass is 19.1. The Morgan fingerprint density at radius 1 is 1.32 bits per heavy atom. The Kier molecular flexibility index (Phi) is 7.99. The largest absolute Gasteiger partial charge is 0.481 e. The lowest BCUT2D eigenvalue weighted by atomic mass is 9.85. The molecule has 0 radical (unpaired) electrons. The first-order chi connectivity index (χ1) is 11.7. The van der Waals surface area contributed by atoms with Crippen molar-refractivity contribution in [2.24, 2.45) is 5.92 Å². The van der Waals surface area contributed by atoms with Crippen molar-refractivity contribution in [3.05, 3.63) is 35.1 Å². The van der Waals surface area contributed by atoms with Crippen molar-refractivity contribution in [3.8, 4) is 0 Å². The Labute approximate surface area is 147 Å². The standard InChI is InChI=1S/C18H26FNO5/c1-12(2)18(3,10-16(21)22)20-17(23)13-5-6-15(19)14(9-13)11-25-8-7-24-4/h5-6,9,12H,7-8,10-11H2,1-4H3,(H,20,23)(H,21,22). The predicted molar refractivity (Wildman–Crippen MR) is 90.9 cm³/mol. The summed E-state index contributed by atoms with van der Waals surface area (Å²) in [5.41, 5.74) is -0.399. The number of benzene rings is 1. The quantitative estimate of drug-likeness (QED) is 0.630. The molecule has 0 heterocycles. The van der Waals surface area contributed by atoms with Crippen LogP contribution in [0.2, 0.25) is 0 Å². The van der Waals surface area contributed by atoms with Crippen LogP contribution in [-0.4, -0.2) is 42.8 Å². The average molecular weight is 355 g/mol. The first kappa shape index (κ1) is 21.1. The van der Waals surface area contributed by atoms with Gasteiger partial charge in [0.1, 0.15) is 5.82 Å². The van der Waals surface area contributed by atoms with Gasteiger partial charge in [0, 0.05) is 18.2 Å². The molecular formula is C18H26FNO5. The molecule has 0 fully saturated rings. The fourth-order valence-corrected chi connectivity index (χ4v) is 2.19. The zero-order chi connectivity index (χ0) is 19.0. The summed E-state index contributed by atoms with van der Waals surface area (Å²) in [4.78, 5) is 23.6. The highest BCUT2D eigenvalue weighted by molar-refractivity contribution is 5.95. The van der Waals surface area contributed by atoms with Gasteiger partial charge in [-0.05, 0) is 31.0 Å². The fourth-order valence-electron chi connectivity index (χ4n) is 2.19. The van der Waals surface area contributed by atoms with Crippen LogP contribution < -0.4 is 5.32 Å². The molecule has 1 unspecified atom stereocenters. The zero-order valence-electron chi connectivity index (χ0n) is 15.1. The normalized spacial score (nSPS) is 13.5. The molecule has 6 nitrogen and oxygen atoms in total. The molecule has 1 aromatic carbocycles. The molecule has 1 amide bonds. The lowest BCUT2D eigenvalue weighted by Crippen LogP contribution is -2.51. The Morgan fingerprint density at radius 2 is 2.00 bits per heavy atom. The number of carboxylic acid groups (broad SMARTS) is 1. The number of hydrogen-bond acceptors (Lipinski definition) is 4. The number of methoxy groups -OCH3 is 1. The van der Waals surface area contributed by atoms with E-state index in [2.05, 4.69) is 5.32 Å². The fraction of sp³-hybridized carbons (Fsp3) is 0.556. The van der Waals surface area contributed by atoms with Gasteiger partial charge in [0.25, 0.3) is 5.91 Å². The number of carbonyl (C=O) groups is 2. The third-order valence-electron chi connectivity index (χ3n) is 4.19. The van der Waals surface area contributed by atoms with E-state index in [4.69, 9.17) is 14.6 Å². The van der Waals surface area contributed by atoms with Gasteiger partial charge >= 0.3 is 5.97 Å². The van der Waals surface area contributed by atoms with Gasteiger partial charge in [-0.3, -0.25) is 9.59 Å². The number of rotatable bonds is 10. The minimum atomic E-state index is -0.997. The number of amides is 1. The molecule has 25 heavy (non-hydrogen) atoms. The molecule has 0 aromatic heterocycles. The molecule has 7 heteroatoms. The number of ether oxygens (including phenoxy) is 2. The molecule has 1 rings (SSSR count). The van der Waals surface area contributed by atoms with Crippen LogP contribution in [0.4, 0.5) is 4.39 Å².